The van der Waals surface area contributed by atoms with Crippen molar-refractivity contribution in [2.45, 2.75) is 70.8 Å². The average molecular weight is 199 g/mol. The van der Waals surface area contributed by atoms with Gasteiger partial charge in [-0.2, -0.15) is 0 Å². The van der Waals surface area contributed by atoms with Gasteiger partial charge in [-0.25, -0.2) is 0 Å². The van der Waals surface area contributed by atoms with E-state index in [4.69, 9.17) is 5.73 Å². The summed E-state index contributed by atoms with van der Waals surface area (Å²) in [5.41, 5.74) is 5.91. The third-order valence-electron chi connectivity index (χ3n) is 2.58. The Morgan fingerprint density at radius 3 is 2.36 bits per heavy atom. The molecule has 0 saturated heterocycles. The smallest absolute Gasteiger partial charge is 0.119 e. The molecule has 0 fully saturated rings. The van der Waals surface area contributed by atoms with Crippen LogP contribution in [-0.4, -0.2) is 12.3 Å². The highest BCUT2D eigenvalue weighted by atomic mass is 16.1. The van der Waals surface area contributed by atoms with Crippen LogP contribution in [0, 0.1) is 0 Å². The van der Waals surface area contributed by atoms with E-state index < -0.39 is 0 Å². The van der Waals surface area contributed by atoms with Crippen molar-refractivity contribution in [3.63, 3.8) is 0 Å². The van der Waals surface area contributed by atoms with E-state index in [1.165, 1.54) is 32.1 Å². The molecule has 1 unspecified atom stereocenters. The lowest BCUT2D eigenvalue weighted by Crippen LogP contribution is -2.19. The minimum Gasteiger partial charge on any atom is -0.328 e. The molecule has 0 spiro atoms. The van der Waals surface area contributed by atoms with Crippen molar-refractivity contribution in [2.75, 3.05) is 0 Å². The number of hydrogen-bond donors (Lipinski definition) is 1. The van der Waals surface area contributed by atoms with Gasteiger partial charge in [0.1, 0.15) is 6.29 Å². The van der Waals surface area contributed by atoms with Gasteiger partial charge in [-0.05, 0) is 19.3 Å². The van der Waals surface area contributed by atoms with Crippen LogP contribution in [-0.2, 0) is 4.79 Å². The van der Waals surface area contributed by atoms with Crippen molar-refractivity contribution in [3.8, 4) is 0 Å². The maximum Gasteiger partial charge on any atom is 0.119 e. The molecule has 0 saturated carbocycles. The maximum absolute atomic E-state index is 10.1. The van der Waals surface area contributed by atoms with Crippen LogP contribution in [0.4, 0.5) is 0 Å². The van der Waals surface area contributed by atoms with Crippen LogP contribution in [0.15, 0.2) is 0 Å². The highest BCUT2D eigenvalue weighted by molar-refractivity contribution is 5.48. The Morgan fingerprint density at radius 2 is 1.71 bits per heavy atom. The van der Waals surface area contributed by atoms with Crippen LogP contribution in [0.5, 0.6) is 0 Å². The molecule has 2 heteroatoms. The first-order valence-electron chi connectivity index (χ1n) is 6.00. The van der Waals surface area contributed by atoms with Gasteiger partial charge in [-0.3, -0.25) is 0 Å². The summed E-state index contributed by atoms with van der Waals surface area (Å²) in [6.07, 6.45) is 11.3. The van der Waals surface area contributed by atoms with Gasteiger partial charge in [0.25, 0.3) is 0 Å². The number of nitrogens with two attached hydrogens (primary N) is 1. The largest absolute Gasteiger partial charge is 0.328 e. The molecule has 2 N–H and O–H groups in total. The number of unbranched alkanes of at least 4 members (excludes halogenated alkanes) is 5. The fourth-order valence-corrected chi connectivity index (χ4v) is 1.62. The fourth-order valence-electron chi connectivity index (χ4n) is 1.62. The zero-order valence-electron chi connectivity index (χ0n) is 9.50. The van der Waals surface area contributed by atoms with E-state index in [0.717, 1.165) is 25.5 Å². The van der Waals surface area contributed by atoms with Crippen LogP contribution in [0.1, 0.15) is 64.7 Å². The highest BCUT2D eigenvalue weighted by Crippen LogP contribution is 2.09. The molecule has 0 bridgehead atoms. The van der Waals surface area contributed by atoms with Gasteiger partial charge in [-0.1, -0.05) is 39.0 Å². The molecule has 0 aliphatic heterocycles. The second kappa shape index (κ2) is 10.7. The number of aldehydes is 1. The average Bonchev–Trinajstić information content (AvgIpc) is 2.18. The van der Waals surface area contributed by atoms with Crippen molar-refractivity contribution in [1.29, 1.82) is 0 Å². The van der Waals surface area contributed by atoms with Crippen molar-refractivity contribution in [3.05, 3.63) is 0 Å². The van der Waals surface area contributed by atoms with Gasteiger partial charge >= 0.3 is 0 Å². The normalized spacial score (nSPS) is 12.7. The predicted molar refractivity (Wildman–Crippen MR) is 61.3 cm³/mol. The van der Waals surface area contributed by atoms with Crippen LogP contribution in [0.3, 0.4) is 0 Å². The Hall–Kier alpha value is -0.370. The van der Waals surface area contributed by atoms with Crippen LogP contribution in [0.25, 0.3) is 0 Å². The Bertz CT molecular complexity index is 125. The Morgan fingerprint density at radius 1 is 1.07 bits per heavy atom. The molecule has 0 aromatic carbocycles. The molecule has 0 aliphatic rings. The lowest BCUT2D eigenvalue weighted by atomic mass is 10.0. The van der Waals surface area contributed by atoms with Crippen molar-refractivity contribution >= 4 is 6.29 Å². The van der Waals surface area contributed by atoms with E-state index in [9.17, 15) is 4.79 Å². The van der Waals surface area contributed by atoms with Gasteiger partial charge < -0.3 is 10.5 Å². The van der Waals surface area contributed by atoms with Crippen LogP contribution in [0.2, 0.25) is 0 Å². The minimum atomic E-state index is 0.316. The van der Waals surface area contributed by atoms with E-state index in [-0.39, 0.29) is 0 Å². The molecule has 0 heterocycles. The topological polar surface area (TPSA) is 43.1 Å². The Balaban J connectivity index is 3.09. The molecule has 14 heavy (non-hydrogen) atoms. The van der Waals surface area contributed by atoms with E-state index in [1.54, 1.807) is 0 Å². The van der Waals surface area contributed by atoms with Crippen molar-refractivity contribution < 1.29 is 4.79 Å². The number of carbonyl (C=O) groups is 1. The van der Waals surface area contributed by atoms with Gasteiger partial charge in [0.2, 0.25) is 0 Å². The molecule has 1 atom stereocenters. The summed E-state index contributed by atoms with van der Waals surface area (Å²) in [7, 11) is 0. The zero-order chi connectivity index (χ0) is 10.6. The standard InChI is InChI=1S/C12H25NO/c1-2-3-4-5-6-9-12(13)10-7-8-11-14/h11-12H,2-10,13H2,1H3. The first-order valence-corrected chi connectivity index (χ1v) is 6.00. The molecule has 0 aliphatic carbocycles. The quantitative estimate of drug-likeness (QED) is 0.434. The molecular formula is C12H25NO. The molecule has 84 valence electrons. The molecule has 0 rings (SSSR count). The first-order chi connectivity index (χ1) is 6.81. The lowest BCUT2D eigenvalue weighted by Gasteiger charge is -2.09. The Kier molecular flexibility index (Phi) is 10.4. The van der Waals surface area contributed by atoms with Crippen LogP contribution < -0.4 is 5.73 Å². The molecular weight excluding hydrogens is 174 g/mol. The molecule has 0 radical (unpaired) electrons. The van der Waals surface area contributed by atoms with E-state index in [0.29, 0.717) is 12.5 Å². The molecule has 0 aromatic rings. The maximum atomic E-state index is 10.1. The third kappa shape index (κ3) is 9.72. The number of rotatable bonds is 10. The first kappa shape index (κ1) is 13.6. The van der Waals surface area contributed by atoms with E-state index in [1.807, 2.05) is 0 Å². The van der Waals surface area contributed by atoms with Crippen LogP contribution >= 0.6 is 0 Å². The minimum absolute atomic E-state index is 0.316. The van der Waals surface area contributed by atoms with Gasteiger partial charge in [0.05, 0.1) is 0 Å². The fraction of sp³-hybridized carbons (Fsp3) is 0.917. The SMILES string of the molecule is CCCCCCCC(N)CCCC=O. The number of carbonyl (C=O) groups excluding carboxylic acids is 1. The van der Waals surface area contributed by atoms with E-state index >= 15 is 0 Å². The Labute approximate surface area is 88.3 Å². The summed E-state index contributed by atoms with van der Waals surface area (Å²) in [6.45, 7) is 2.23. The second-order valence-electron chi connectivity index (χ2n) is 4.06. The highest BCUT2D eigenvalue weighted by Gasteiger charge is 2.01. The summed E-state index contributed by atoms with van der Waals surface area (Å²) in [4.78, 5) is 10.1. The molecule has 2 nitrogen and oxygen atoms in total. The summed E-state index contributed by atoms with van der Waals surface area (Å²) in [5.74, 6) is 0. The summed E-state index contributed by atoms with van der Waals surface area (Å²) >= 11 is 0. The second-order valence-corrected chi connectivity index (χ2v) is 4.06. The lowest BCUT2D eigenvalue weighted by molar-refractivity contribution is -0.107. The monoisotopic (exact) mass is 199 g/mol. The van der Waals surface area contributed by atoms with Crippen molar-refractivity contribution in [2.24, 2.45) is 5.73 Å². The zero-order valence-corrected chi connectivity index (χ0v) is 9.50. The summed E-state index contributed by atoms with van der Waals surface area (Å²) in [6, 6.07) is 0.316. The summed E-state index contributed by atoms with van der Waals surface area (Å²) in [5, 5.41) is 0. The predicted octanol–water partition coefficient (Wildman–Crippen LogP) is 3.04. The third-order valence-corrected chi connectivity index (χ3v) is 2.58. The van der Waals surface area contributed by atoms with Gasteiger partial charge in [0, 0.05) is 12.5 Å². The van der Waals surface area contributed by atoms with E-state index in [2.05, 4.69) is 6.92 Å². The molecule has 0 amide bonds. The van der Waals surface area contributed by atoms with Gasteiger partial charge in [-0.15, -0.1) is 0 Å². The summed E-state index contributed by atoms with van der Waals surface area (Å²) < 4.78 is 0. The number of hydrogen-bond acceptors (Lipinski definition) is 2. The van der Waals surface area contributed by atoms with Crippen molar-refractivity contribution in [1.82, 2.24) is 0 Å². The molecule has 0 aromatic heterocycles. The van der Waals surface area contributed by atoms with Gasteiger partial charge in [0.15, 0.2) is 0 Å².